The maximum Gasteiger partial charge on any atom is 0.453 e. The maximum atomic E-state index is 13.9. The first kappa shape index (κ1) is 27.2. The van der Waals surface area contributed by atoms with Gasteiger partial charge in [-0.05, 0) is 36.4 Å². The van der Waals surface area contributed by atoms with Crippen molar-refractivity contribution in [2.75, 3.05) is 28.4 Å². The van der Waals surface area contributed by atoms with Crippen LogP contribution in [0.4, 0.5) is 13.2 Å². The number of methoxy groups -OCH3 is 4. The van der Waals surface area contributed by atoms with Gasteiger partial charge in [-0.3, -0.25) is 4.79 Å². The smallest absolute Gasteiger partial charge is 0.453 e. The fraction of sp³-hybridized carbons (Fsp3) is 0.185. The summed E-state index contributed by atoms with van der Waals surface area (Å²) in [7, 11) is 5.42. The van der Waals surface area contributed by atoms with E-state index in [1.165, 1.54) is 64.8 Å². The zero-order valence-electron chi connectivity index (χ0n) is 21.0. The lowest BCUT2D eigenvalue weighted by Gasteiger charge is -2.15. The van der Waals surface area contributed by atoms with Gasteiger partial charge in [0.05, 0.1) is 39.4 Å². The highest BCUT2D eigenvalue weighted by Crippen LogP contribution is 2.41. The quantitative estimate of drug-likeness (QED) is 0.199. The van der Waals surface area contributed by atoms with Gasteiger partial charge in [-0.25, -0.2) is 4.79 Å². The molecule has 1 heterocycles. The summed E-state index contributed by atoms with van der Waals surface area (Å²) in [5.41, 5.74) is -1.56. The van der Waals surface area contributed by atoms with E-state index in [0.29, 0.717) is 0 Å². The Morgan fingerprint density at radius 1 is 0.769 bits per heavy atom. The zero-order chi connectivity index (χ0) is 28.3. The number of alkyl halides is 3. The summed E-state index contributed by atoms with van der Waals surface area (Å²) in [6.07, 6.45) is -5.09. The Hall–Kier alpha value is -4.87. The third-order valence-corrected chi connectivity index (χ3v) is 5.47. The van der Waals surface area contributed by atoms with Crippen molar-refractivity contribution in [2.24, 2.45) is 0 Å². The van der Waals surface area contributed by atoms with E-state index in [9.17, 15) is 22.8 Å². The maximum absolute atomic E-state index is 13.9. The van der Waals surface area contributed by atoms with Crippen molar-refractivity contribution in [1.82, 2.24) is 0 Å². The van der Waals surface area contributed by atoms with Crippen molar-refractivity contribution in [3.63, 3.8) is 0 Å². The van der Waals surface area contributed by atoms with Crippen molar-refractivity contribution in [3.05, 3.63) is 76.1 Å². The lowest BCUT2D eigenvalue weighted by Crippen LogP contribution is -2.16. The van der Waals surface area contributed by atoms with Crippen molar-refractivity contribution in [3.8, 4) is 40.2 Å². The average Bonchev–Trinajstić information content (AvgIpc) is 2.93. The van der Waals surface area contributed by atoms with Crippen LogP contribution in [0.15, 0.2) is 63.8 Å². The van der Waals surface area contributed by atoms with Gasteiger partial charge < -0.3 is 32.8 Å². The minimum Gasteiger partial charge on any atom is -0.493 e. The number of ether oxygens (including phenoxy) is 6. The van der Waals surface area contributed by atoms with Gasteiger partial charge in [0.2, 0.25) is 16.9 Å². The van der Waals surface area contributed by atoms with E-state index >= 15 is 0 Å². The standard InChI is InChI=1S/C27H21F3O9/c1-33-17-7-5-6-8-18(17)38-24-22(31)16-10-9-15(13-19(16)39-25(24)27(28,29)30)37-26(32)14-11-20(34-2)23(36-4)21(12-14)35-3/h5-13H,1-4H3. The topological polar surface area (TPSA) is 103 Å². The van der Waals surface area contributed by atoms with Gasteiger partial charge in [0, 0.05) is 6.07 Å². The molecule has 0 amide bonds. The van der Waals surface area contributed by atoms with Crippen LogP contribution < -0.4 is 33.8 Å². The molecule has 0 fully saturated rings. The lowest BCUT2D eigenvalue weighted by atomic mass is 10.1. The second-order valence-corrected chi connectivity index (χ2v) is 7.80. The summed E-state index contributed by atoms with van der Waals surface area (Å²) in [4.78, 5) is 25.9. The molecule has 4 rings (SSSR count). The number of hydrogen-bond acceptors (Lipinski definition) is 9. The van der Waals surface area contributed by atoms with Crippen LogP contribution in [0.5, 0.6) is 40.2 Å². The molecule has 0 spiro atoms. The van der Waals surface area contributed by atoms with Crippen LogP contribution in [0.25, 0.3) is 11.0 Å². The first-order chi connectivity index (χ1) is 18.6. The first-order valence-electron chi connectivity index (χ1n) is 11.1. The normalized spacial score (nSPS) is 11.2. The molecule has 3 aromatic carbocycles. The van der Waals surface area contributed by atoms with E-state index in [0.717, 1.165) is 12.1 Å². The molecule has 0 N–H and O–H groups in total. The predicted molar refractivity (Wildman–Crippen MR) is 132 cm³/mol. The molecule has 0 radical (unpaired) electrons. The Kier molecular flexibility index (Phi) is 7.56. The summed E-state index contributed by atoms with van der Waals surface area (Å²) in [5.74, 6) is -3.20. The van der Waals surface area contributed by atoms with E-state index in [1.807, 2.05) is 0 Å². The molecule has 0 bridgehead atoms. The second-order valence-electron chi connectivity index (χ2n) is 7.80. The SMILES string of the molecule is COc1ccccc1Oc1c(C(F)(F)F)oc2cc(OC(=O)c3cc(OC)c(OC)c(OC)c3)ccc2c1=O. The monoisotopic (exact) mass is 546 g/mol. The van der Waals surface area contributed by atoms with Gasteiger partial charge in [0.15, 0.2) is 23.0 Å². The highest BCUT2D eigenvalue weighted by Gasteiger charge is 2.41. The fourth-order valence-electron chi connectivity index (χ4n) is 3.68. The number of halogens is 3. The average molecular weight is 546 g/mol. The Bertz CT molecular complexity index is 1570. The minimum atomic E-state index is -5.09. The molecule has 1 aromatic heterocycles. The molecule has 0 aliphatic rings. The van der Waals surface area contributed by atoms with Crippen molar-refractivity contribution in [2.45, 2.75) is 6.18 Å². The molecule has 9 nitrogen and oxygen atoms in total. The van der Waals surface area contributed by atoms with Gasteiger partial charge in [0.1, 0.15) is 11.3 Å². The van der Waals surface area contributed by atoms with E-state index in [1.54, 1.807) is 6.07 Å². The molecule has 0 atom stereocenters. The van der Waals surface area contributed by atoms with Gasteiger partial charge in [-0.15, -0.1) is 0 Å². The van der Waals surface area contributed by atoms with E-state index < -0.39 is 34.7 Å². The summed E-state index contributed by atoms with van der Waals surface area (Å²) in [6, 6.07) is 12.0. The summed E-state index contributed by atoms with van der Waals surface area (Å²) in [6.45, 7) is 0. The highest BCUT2D eigenvalue weighted by atomic mass is 19.4. The van der Waals surface area contributed by atoms with Crippen LogP contribution in [-0.2, 0) is 6.18 Å². The molecule has 0 aliphatic heterocycles. The van der Waals surface area contributed by atoms with Crippen molar-refractivity contribution in [1.29, 1.82) is 0 Å². The van der Waals surface area contributed by atoms with E-state index in [4.69, 9.17) is 32.8 Å². The van der Waals surface area contributed by atoms with Gasteiger partial charge in [-0.2, -0.15) is 13.2 Å². The second kappa shape index (κ2) is 10.9. The van der Waals surface area contributed by atoms with E-state index in [2.05, 4.69) is 0 Å². The number of rotatable bonds is 8. The van der Waals surface area contributed by atoms with Crippen LogP contribution in [0.2, 0.25) is 0 Å². The molecule has 39 heavy (non-hydrogen) atoms. The third-order valence-electron chi connectivity index (χ3n) is 5.47. The van der Waals surface area contributed by atoms with Gasteiger partial charge >= 0.3 is 12.1 Å². The number of fused-ring (bicyclic) bond motifs is 1. The lowest BCUT2D eigenvalue weighted by molar-refractivity contribution is -0.154. The molecular weight excluding hydrogens is 525 g/mol. The zero-order valence-corrected chi connectivity index (χ0v) is 21.0. The molecule has 0 saturated carbocycles. The first-order valence-corrected chi connectivity index (χ1v) is 11.1. The molecule has 204 valence electrons. The number of para-hydroxylation sites is 2. The van der Waals surface area contributed by atoms with Crippen LogP contribution in [-0.4, -0.2) is 34.4 Å². The van der Waals surface area contributed by atoms with Crippen molar-refractivity contribution < 1.29 is 50.8 Å². The number of benzene rings is 3. The Labute approximate surface area is 219 Å². The van der Waals surface area contributed by atoms with Crippen LogP contribution in [0.1, 0.15) is 16.1 Å². The fourth-order valence-corrected chi connectivity index (χ4v) is 3.68. The molecule has 0 saturated heterocycles. The Balaban J connectivity index is 1.75. The molecule has 12 heteroatoms. The largest absolute Gasteiger partial charge is 0.493 e. The molecule has 0 aliphatic carbocycles. The van der Waals surface area contributed by atoms with Crippen LogP contribution in [0.3, 0.4) is 0 Å². The van der Waals surface area contributed by atoms with E-state index in [-0.39, 0.29) is 45.4 Å². The number of esters is 1. The predicted octanol–water partition coefficient (Wildman–Crippen LogP) is 5.86. The summed E-state index contributed by atoms with van der Waals surface area (Å²) in [5, 5.41) is -0.236. The molecular formula is C27H21F3O9. The van der Waals surface area contributed by atoms with Crippen molar-refractivity contribution >= 4 is 16.9 Å². The summed E-state index contributed by atoms with van der Waals surface area (Å²) >= 11 is 0. The highest BCUT2D eigenvalue weighted by molar-refractivity contribution is 5.93. The minimum absolute atomic E-state index is 0.00239. The molecule has 4 aromatic rings. The number of carbonyl (C=O) groups excluding carboxylic acids is 1. The number of carbonyl (C=O) groups is 1. The van der Waals surface area contributed by atoms with Crippen LogP contribution in [0, 0.1) is 0 Å². The Morgan fingerprint density at radius 3 is 1.95 bits per heavy atom. The molecule has 0 unspecified atom stereocenters. The van der Waals surface area contributed by atoms with Gasteiger partial charge in [-0.1, -0.05) is 12.1 Å². The number of hydrogen-bond donors (Lipinski definition) is 0. The Morgan fingerprint density at radius 2 is 1.38 bits per heavy atom. The summed E-state index contributed by atoms with van der Waals surface area (Å²) < 4.78 is 78.2. The van der Waals surface area contributed by atoms with Crippen LogP contribution >= 0.6 is 0 Å². The third kappa shape index (κ3) is 5.40. The van der Waals surface area contributed by atoms with Gasteiger partial charge in [0.25, 0.3) is 5.76 Å².